The van der Waals surface area contributed by atoms with Gasteiger partial charge >= 0.3 is 0 Å². The minimum absolute atomic E-state index is 0.0848. The molecule has 0 radical (unpaired) electrons. The van der Waals surface area contributed by atoms with Crippen molar-refractivity contribution in [3.05, 3.63) is 37.8 Å². The lowest BCUT2D eigenvalue weighted by atomic mass is 10.1. The molecule has 0 saturated carbocycles. The van der Waals surface area contributed by atoms with E-state index in [1.165, 1.54) is 12.1 Å². The molecule has 0 saturated heterocycles. The maximum absolute atomic E-state index is 10.5. The highest BCUT2D eigenvalue weighted by Crippen LogP contribution is 2.26. The van der Waals surface area contributed by atoms with Crippen LogP contribution in [0.3, 0.4) is 0 Å². The van der Waals surface area contributed by atoms with Crippen LogP contribution in [0.2, 0.25) is 0 Å². The minimum atomic E-state index is -0.419. The van der Waals surface area contributed by atoms with Crippen LogP contribution in [0, 0.1) is 17.0 Å². The zero-order valence-corrected chi connectivity index (χ0v) is 8.67. The number of nitro groups is 1. The van der Waals surface area contributed by atoms with Crippen molar-refractivity contribution in [2.24, 2.45) is 5.73 Å². The van der Waals surface area contributed by atoms with Crippen LogP contribution >= 0.6 is 15.9 Å². The third-order valence-corrected chi connectivity index (χ3v) is 2.53. The Balaban J connectivity index is 3.28. The van der Waals surface area contributed by atoms with Crippen LogP contribution in [0.15, 0.2) is 16.6 Å². The fourth-order valence-electron chi connectivity index (χ4n) is 1.12. The highest BCUT2D eigenvalue weighted by atomic mass is 79.9. The monoisotopic (exact) mass is 244 g/mol. The maximum atomic E-state index is 10.5. The molecule has 0 aliphatic heterocycles. The Morgan fingerprint density at radius 1 is 1.62 bits per heavy atom. The molecule has 0 heterocycles. The normalized spacial score (nSPS) is 10.1. The van der Waals surface area contributed by atoms with E-state index in [-0.39, 0.29) is 5.69 Å². The first kappa shape index (κ1) is 10.1. The standard InChI is InChI=1S/C8H9BrN2O2/c1-5-2-6(11(12)13)3-8(9)7(5)4-10/h2-3H,4,10H2,1H3. The van der Waals surface area contributed by atoms with Gasteiger partial charge in [0, 0.05) is 23.2 Å². The van der Waals surface area contributed by atoms with E-state index >= 15 is 0 Å². The number of aryl methyl sites for hydroxylation is 1. The summed E-state index contributed by atoms with van der Waals surface area (Å²) in [5, 5.41) is 10.5. The highest BCUT2D eigenvalue weighted by molar-refractivity contribution is 9.10. The van der Waals surface area contributed by atoms with Gasteiger partial charge in [-0.2, -0.15) is 0 Å². The molecule has 0 fully saturated rings. The molecule has 5 heteroatoms. The second kappa shape index (κ2) is 3.85. The molecule has 0 aliphatic rings. The van der Waals surface area contributed by atoms with Crippen molar-refractivity contribution < 1.29 is 4.92 Å². The van der Waals surface area contributed by atoms with E-state index in [1.807, 2.05) is 0 Å². The molecule has 0 atom stereocenters. The topological polar surface area (TPSA) is 69.2 Å². The average molecular weight is 245 g/mol. The molecule has 0 spiro atoms. The van der Waals surface area contributed by atoms with Crippen LogP contribution in [0.1, 0.15) is 11.1 Å². The van der Waals surface area contributed by atoms with Gasteiger partial charge in [-0.3, -0.25) is 10.1 Å². The van der Waals surface area contributed by atoms with Crippen molar-refractivity contribution in [1.82, 2.24) is 0 Å². The summed E-state index contributed by atoms with van der Waals surface area (Å²) in [6.07, 6.45) is 0. The zero-order valence-electron chi connectivity index (χ0n) is 7.08. The third kappa shape index (κ3) is 2.05. The second-order valence-corrected chi connectivity index (χ2v) is 3.54. The van der Waals surface area contributed by atoms with Gasteiger partial charge < -0.3 is 5.73 Å². The SMILES string of the molecule is Cc1cc([N+](=O)[O-])cc(Br)c1CN. The molecular formula is C8H9BrN2O2. The highest BCUT2D eigenvalue weighted by Gasteiger charge is 2.11. The molecule has 0 aromatic heterocycles. The number of nitrogens with zero attached hydrogens (tertiary/aromatic N) is 1. The Morgan fingerprint density at radius 3 is 2.62 bits per heavy atom. The van der Waals surface area contributed by atoms with Crippen molar-refractivity contribution in [3.8, 4) is 0 Å². The Hall–Kier alpha value is -0.940. The van der Waals surface area contributed by atoms with Crippen molar-refractivity contribution in [2.75, 3.05) is 0 Å². The summed E-state index contributed by atoms with van der Waals surface area (Å²) in [4.78, 5) is 10.0. The van der Waals surface area contributed by atoms with Crippen molar-refractivity contribution in [1.29, 1.82) is 0 Å². The van der Waals surface area contributed by atoms with Gasteiger partial charge in [-0.1, -0.05) is 15.9 Å². The number of nitrogens with two attached hydrogens (primary N) is 1. The smallest absolute Gasteiger partial charge is 0.270 e. The molecule has 1 aromatic rings. The van der Waals surface area contributed by atoms with Gasteiger partial charge in [0.05, 0.1) is 4.92 Å². The lowest BCUT2D eigenvalue weighted by molar-refractivity contribution is -0.385. The van der Waals surface area contributed by atoms with E-state index in [9.17, 15) is 10.1 Å². The van der Waals surface area contributed by atoms with E-state index in [4.69, 9.17) is 5.73 Å². The van der Waals surface area contributed by atoms with Gasteiger partial charge in [0.15, 0.2) is 0 Å². The quantitative estimate of drug-likeness (QED) is 0.640. The summed E-state index contributed by atoms with van der Waals surface area (Å²) < 4.78 is 0.696. The number of hydrogen-bond donors (Lipinski definition) is 1. The second-order valence-electron chi connectivity index (χ2n) is 2.68. The van der Waals surface area contributed by atoms with Gasteiger partial charge in [0.25, 0.3) is 5.69 Å². The number of hydrogen-bond acceptors (Lipinski definition) is 3. The summed E-state index contributed by atoms with van der Waals surface area (Å²) in [7, 11) is 0. The van der Waals surface area contributed by atoms with Gasteiger partial charge in [-0.25, -0.2) is 0 Å². The number of halogens is 1. The van der Waals surface area contributed by atoms with Gasteiger partial charge in [-0.05, 0) is 18.1 Å². The number of benzene rings is 1. The number of non-ortho nitro benzene ring substituents is 1. The summed E-state index contributed by atoms with van der Waals surface area (Å²) in [5.41, 5.74) is 7.31. The molecule has 1 rings (SSSR count). The van der Waals surface area contributed by atoms with E-state index in [0.29, 0.717) is 11.0 Å². The van der Waals surface area contributed by atoms with E-state index in [2.05, 4.69) is 15.9 Å². The first-order valence-corrected chi connectivity index (χ1v) is 4.49. The molecule has 1 aromatic carbocycles. The first-order valence-electron chi connectivity index (χ1n) is 3.69. The Bertz CT molecular complexity index is 329. The van der Waals surface area contributed by atoms with Gasteiger partial charge in [0.2, 0.25) is 0 Å². The molecule has 2 N–H and O–H groups in total. The van der Waals surface area contributed by atoms with E-state index in [0.717, 1.165) is 11.1 Å². The molecule has 0 amide bonds. The predicted molar refractivity (Wildman–Crippen MR) is 53.4 cm³/mol. The molecule has 0 aliphatic carbocycles. The predicted octanol–water partition coefficient (Wildman–Crippen LogP) is 2.12. The van der Waals surface area contributed by atoms with Crippen LogP contribution in [-0.2, 0) is 6.54 Å². The average Bonchev–Trinajstić information content (AvgIpc) is 2.03. The van der Waals surface area contributed by atoms with Crippen LogP contribution in [0.25, 0.3) is 0 Å². The van der Waals surface area contributed by atoms with Crippen molar-refractivity contribution >= 4 is 21.6 Å². The van der Waals surface area contributed by atoms with Crippen molar-refractivity contribution in [2.45, 2.75) is 13.5 Å². The fourth-order valence-corrected chi connectivity index (χ4v) is 1.83. The molecule has 70 valence electrons. The Labute approximate surface area is 84.0 Å². The maximum Gasteiger partial charge on any atom is 0.270 e. The molecule has 4 nitrogen and oxygen atoms in total. The lowest BCUT2D eigenvalue weighted by Crippen LogP contribution is -2.01. The van der Waals surface area contributed by atoms with Crippen LogP contribution < -0.4 is 5.73 Å². The minimum Gasteiger partial charge on any atom is -0.326 e. The van der Waals surface area contributed by atoms with Gasteiger partial charge in [-0.15, -0.1) is 0 Å². The zero-order chi connectivity index (χ0) is 10.0. The number of rotatable bonds is 2. The van der Waals surface area contributed by atoms with Crippen molar-refractivity contribution in [3.63, 3.8) is 0 Å². The summed E-state index contributed by atoms with van der Waals surface area (Å²) >= 11 is 3.24. The lowest BCUT2D eigenvalue weighted by Gasteiger charge is -2.04. The van der Waals surface area contributed by atoms with E-state index < -0.39 is 4.92 Å². The molecule has 0 unspecified atom stereocenters. The Kier molecular flexibility index (Phi) is 3.00. The van der Waals surface area contributed by atoms with E-state index in [1.54, 1.807) is 6.92 Å². The summed E-state index contributed by atoms with van der Waals surface area (Å²) in [5.74, 6) is 0. The van der Waals surface area contributed by atoms with Crippen LogP contribution in [0.4, 0.5) is 5.69 Å². The summed E-state index contributed by atoms with van der Waals surface area (Å²) in [6, 6.07) is 2.99. The first-order chi connectivity index (χ1) is 6.06. The number of nitro benzene ring substituents is 1. The van der Waals surface area contributed by atoms with Gasteiger partial charge in [0.1, 0.15) is 0 Å². The molecular weight excluding hydrogens is 236 g/mol. The third-order valence-electron chi connectivity index (χ3n) is 1.82. The Morgan fingerprint density at radius 2 is 2.23 bits per heavy atom. The van der Waals surface area contributed by atoms with Crippen LogP contribution in [-0.4, -0.2) is 4.92 Å². The largest absolute Gasteiger partial charge is 0.326 e. The molecule has 13 heavy (non-hydrogen) atoms. The molecule has 0 bridgehead atoms. The fraction of sp³-hybridized carbons (Fsp3) is 0.250. The summed E-state index contributed by atoms with van der Waals surface area (Å²) in [6.45, 7) is 2.18. The van der Waals surface area contributed by atoms with Crippen LogP contribution in [0.5, 0.6) is 0 Å².